The Bertz CT molecular complexity index is 404. The van der Waals surface area contributed by atoms with Crippen molar-refractivity contribution in [1.82, 2.24) is 9.78 Å². The molecule has 0 saturated carbocycles. The summed E-state index contributed by atoms with van der Waals surface area (Å²) in [5.74, 6) is 0.0191. The molecule has 0 unspecified atom stereocenters. The number of ether oxygens (including phenoxy) is 1. The van der Waals surface area contributed by atoms with Crippen LogP contribution in [0.5, 0.6) is 0 Å². The Morgan fingerprint density at radius 1 is 1.64 bits per heavy atom. The maximum absolute atomic E-state index is 11.9. The van der Waals surface area contributed by atoms with E-state index in [4.69, 9.17) is 4.74 Å². The smallest absolute Gasteiger partial charge is 0.210 e. The monoisotopic (exact) mass is 192 g/mol. The van der Waals surface area contributed by atoms with Crippen molar-refractivity contribution in [1.29, 1.82) is 0 Å². The van der Waals surface area contributed by atoms with Crippen LogP contribution in [-0.2, 0) is 11.8 Å². The molecule has 1 aliphatic heterocycles. The van der Waals surface area contributed by atoms with Gasteiger partial charge in [-0.2, -0.15) is 5.10 Å². The molecule has 0 aliphatic carbocycles. The first-order valence-electron chi connectivity index (χ1n) is 4.54. The SMILES string of the molecule is Cc1cc(C(=O)C2=COCC2)n(C)n1. The van der Waals surface area contributed by atoms with E-state index in [0.717, 1.165) is 11.3 Å². The van der Waals surface area contributed by atoms with Crippen LogP contribution < -0.4 is 0 Å². The van der Waals surface area contributed by atoms with Gasteiger partial charge < -0.3 is 4.74 Å². The second-order valence-corrected chi connectivity index (χ2v) is 3.39. The number of carbonyl (C=O) groups is 1. The zero-order valence-corrected chi connectivity index (χ0v) is 8.28. The highest BCUT2D eigenvalue weighted by Crippen LogP contribution is 2.16. The number of Topliss-reactive ketones (excluding diaryl/α,β-unsaturated/α-hetero) is 1. The summed E-state index contributed by atoms with van der Waals surface area (Å²) in [6, 6.07) is 1.79. The largest absolute Gasteiger partial charge is 0.500 e. The molecule has 0 aromatic carbocycles. The van der Waals surface area contributed by atoms with Crippen molar-refractivity contribution in [3.05, 3.63) is 29.3 Å². The lowest BCUT2D eigenvalue weighted by Gasteiger charge is -1.99. The highest BCUT2D eigenvalue weighted by Gasteiger charge is 2.19. The maximum atomic E-state index is 11.9. The highest BCUT2D eigenvalue weighted by atomic mass is 16.5. The molecule has 1 aromatic heterocycles. The summed E-state index contributed by atoms with van der Waals surface area (Å²) < 4.78 is 6.64. The van der Waals surface area contributed by atoms with Gasteiger partial charge >= 0.3 is 0 Å². The molecule has 0 bridgehead atoms. The molecule has 0 atom stereocenters. The van der Waals surface area contributed by atoms with E-state index in [1.54, 1.807) is 24.1 Å². The Labute approximate surface area is 82.2 Å². The third kappa shape index (κ3) is 1.43. The summed E-state index contributed by atoms with van der Waals surface area (Å²) in [6.07, 6.45) is 2.24. The van der Waals surface area contributed by atoms with Crippen LogP contribution >= 0.6 is 0 Å². The molecular formula is C10H12N2O2. The molecule has 0 radical (unpaired) electrons. The molecule has 2 rings (SSSR count). The van der Waals surface area contributed by atoms with Gasteiger partial charge in [0.15, 0.2) is 0 Å². The lowest BCUT2D eigenvalue weighted by molar-refractivity contribution is 0.102. The fourth-order valence-electron chi connectivity index (χ4n) is 1.54. The molecule has 0 amide bonds. The molecular weight excluding hydrogens is 180 g/mol. The molecule has 1 aromatic rings. The van der Waals surface area contributed by atoms with E-state index in [1.165, 1.54) is 0 Å². The first-order valence-corrected chi connectivity index (χ1v) is 4.54. The number of nitrogens with zero attached hydrogens (tertiary/aromatic N) is 2. The third-order valence-corrected chi connectivity index (χ3v) is 2.24. The molecule has 0 saturated heterocycles. The van der Waals surface area contributed by atoms with E-state index < -0.39 is 0 Å². The van der Waals surface area contributed by atoms with Crippen molar-refractivity contribution < 1.29 is 9.53 Å². The topological polar surface area (TPSA) is 44.1 Å². The molecule has 14 heavy (non-hydrogen) atoms. The van der Waals surface area contributed by atoms with Crippen molar-refractivity contribution in [2.24, 2.45) is 7.05 Å². The number of aromatic nitrogens is 2. The predicted octanol–water partition coefficient (Wildman–Crippen LogP) is 1.22. The minimum atomic E-state index is 0.0191. The number of hydrogen-bond acceptors (Lipinski definition) is 3. The van der Waals surface area contributed by atoms with Crippen LogP contribution in [0.15, 0.2) is 17.9 Å². The van der Waals surface area contributed by atoms with Gasteiger partial charge in [-0.25, -0.2) is 0 Å². The Kier molecular flexibility index (Phi) is 2.11. The lowest BCUT2D eigenvalue weighted by Crippen LogP contribution is -2.08. The van der Waals surface area contributed by atoms with E-state index in [9.17, 15) is 4.79 Å². The standard InChI is InChI=1S/C10H12N2O2/c1-7-5-9(12(2)11-7)10(13)8-3-4-14-6-8/h5-6H,3-4H2,1-2H3. The second-order valence-electron chi connectivity index (χ2n) is 3.39. The Morgan fingerprint density at radius 3 is 2.93 bits per heavy atom. The number of ketones is 1. The van der Waals surface area contributed by atoms with Gasteiger partial charge in [-0.1, -0.05) is 0 Å². The molecule has 0 fully saturated rings. The minimum absolute atomic E-state index is 0.0191. The van der Waals surface area contributed by atoms with Gasteiger partial charge in [0.2, 0.25) is 5.78 Å². The molecule has 4 nitrogen and oxygen atoms in total. The zero-order valence-electron chi connectivity index (χ0n) is 8.28. The number of hydrogen-bond donors (Lipinski definition) is 0. The number of aryl methyl sites for hydroxylation is 2. The first-order chi connectivity index (χ1) is 6.68. The van der Waals surface area contributed by atoms with Crippen LogP contribution in [-0.4, -0.2) is 22.2 Å². The maximum Gasteiger partial charge on any atom is 0.210 e. The van der Waals surface area contributed by atoms with Crippen molar-refractivity contribution in [3.63, 3.8) is 0 Å². The van der Waals surface area contributed by atoms with Gasteiger partial charge in [0.25, 0.3) is 0 Å². The van der Waals surface area contributed by atoms with Crippen molar-refractivity contribution in [2.75, 3.05) is 6.61 Å². The predicted molar refractivity (Wildman–Crippen MR) is 50.9 cm³/mol. The average Bonchev–Trinajstić information content (AvgIpc) is 2.73. The second kappa shape index (κ2) is 3.29. The molecule has 0 spiro atoms. The van der Waals surface area contributed by atoms with Crippen LogP contribution in [0, 0.1) is 6.92 Å². The van der Waals surface area contributed by atoms with E-state index >= 15 is 0 Å². The van der Waals surface area contributed by atoms with Crippen molar-refractivity contribution in [2.45, 2.75) is 13.3 Å². The fraction of sp³-hybridized carbons (Fsp3) is 0.400. The summed E-state index contributed by atoms with van der Waals surface area (Å²) in [6.45, 7) is 2.48. The summed E-state index contributed by atoms with van der Waals surface area (Å²) in [4.78, 5) is 11.9. The normalized spacial score (nSPS) is 15.1. The fourth-order valence-corrected chi connectivity index (χ4v) is 1.54. The van der Waals surface area contributed by atoms with E-state index in [0.29, 0.717) is 18.7 Å². The molecule has 2 heterocycles. The van der Waals surface area contributed by atoms with Crippen LogP contribution in [0.4, 0.5) is 0 Å². The average molecular weight is 192 g/mol. The highest BCUT2D eigenvalue weighted by molar-refractivity contribution is 6.07. The van der Waals surface area contributed by atoms with E-state index in [-0.39, 0.29) is 5.78 Å². The van der Waals surface area contributed by atoms with E-state index in [2.05, 4.69) is 5.10 Å². The first kappa shape index (κ1) is 8.99. The number of rotatable bonds is 2. The van der Waals surface area contributed by atoms with Gasteiger partial charge in [-0.05, 0) is 13.0 Å². The molecule has 4 heteroatoms. The Balaban J connectivity index is 2.30. The van der Waals surface area contributed by atoms with E-state index in [1.807, 2.05) is 6.92 Å². The van der Waals surface area contributed by atoms with Crippen LogP contribution in [0.25, 0.3) is 0 Å². The van der Waals surface area contributed by atoms with Gasteiger partial charge in [-0.3, -0.25) is 9.48 Å². The minimum Gasteiger partial charge on any atom is -0.500 e. The summed E-state index contributed by atoms with van der Waals surface area (Å²) in [7, 11) is 1.77. The Morgan fingerprint density at radius 2 is 2.43 bits per heavy atom. The van der Waals surface area contributed by atoms with Crippen LogP contribution in [0.3, 0.4) is 0 Å². The quantitative estimate of drug-likeness (QED) is 0.662. The van der Waals surface area contributed by atoms with Crippen LogP contribution in [0.1, 0.15) is 22.6 Å². The molecule has 74 valence electrons. The van der Waals surface area contributed by atoms with Gasteiger partial charge in [0.05, 0.1) is 18.6 Å². The van der Waals surface area contributed by atoms with Gasteiger partial charge in [0.1, 0.15) is 5.69 Å². The zero-order chi connectivity index (χ0) is 10.1. The third-order valence-electron chi connectivity index (χ3n) is 2.24. The summed E-state index contributed by atoms with van der Waals surface area (Å²) in [5, 5.41) is 4.13. The van der Waals surface area contributed by atoms with Gasteiger partial charge in [0, 0.05) is 19.0 Å². The van der Waals surface area contributed by atoms with Crippen molar-refractivity contribution in [3.8, 4) is 0 Å². The lowest BCUT2D eigenvalue weighted by atomic mass is 10.1. The summed E-state index contributed by atoms with van der Waals surface area (Å²) in [5.41, 5.74) is 2.21. The Hall–Kier alpha value is -1.58. The van der Waals surface area contributed by atoms with Crippen LogP contribution in [0.2, 0.25) is 0 Å². The van der Waals surface area contributed by atoms with Gasteiger partial charge in [-0.15, -0.1) is 0 Å². The summed E-state index contributed by atoms with van der Waals surface area (Å²) >= 11 is 0. The molecule has 1 aliphatic rings. The number of carbonyl (C=O) groups excluding carboxylic acids is 1. The molecule has 0 N–H and O–H groups in total. The van der Waals surface area contributed by atoms with Crippen molar-refractivity contribution >= 4 is 5.78 Å².